The van der Waals surface area contributed by atoms with Gasteiger partial charge in [-0.05, 0) is 39.2 Å². The summed E-state index contributed by atoms with van der Waals surface area (Å²) in [7, 11) is -0.416. The third-order valence-electron chi connectivity index (χ3n) is 4.25. The van der Waals surface area contributed by atoms with E-state index >= 15 is 0 Å². The van der Waals surface area contributed by atoms with Crippen LogP contribution in [0.2, 0.25) is 0 Å². The lowest BCUT2D eigenvalue weighted by atomic mass is 9.79. The summed E-state index contributed by atoms with van der Waals surface area (Å²) in [6, 6.07) is 5.66. The maximum atomic E-state index is 10.9. The number of aromatic nitrogens is 2. The lowest BCUT2D eigenvalue weighted by Gasteiger charge is -2.32. The molecular weight excluding hydrogens is 255 g/mol. The van der Waals surface area contributed by atoms with E-state index in [2.05, 4.69) is 10.2 Å². The summed E-state index contributed by atoms with van der Waals surface area (Å²) < 4.78 is 12.0. The van der Waals surface area contributed by atoms with Gasteiger partial charge in [-0.1, -0.05) is 12.1 Å². The van der Waals surface area contributed by atoms with Crippen LogP contribution in [0.1, 0.15) is 38.2 Å². The maximum absolute atomic E-state index is 10.9. The van der Waals surface area contributed by atoms with Crippen molar-refractivity contribution in [2.75, 3.05) is 0 Å². The van der Waals surface area contributed by atoms with Gasteiger partial charge in [-0.25, -0.2) is 0 Å². The largest absolute Gasteiger partial charge is 0.494 e. The van der Waals surface area contributed by atoms with Crippen LogP contribution >= 0.6 is 0 Å². The molecule has 1 aromatic heterocycles. The van der Waals surface area contributed by atoms with E-state index in [-0.39, 0.29) is 11.2 Å². The Balaban J connectivity index is 1.98. The van der Waals surface area contributed by atoms with Crippen molar-refractivity contribution in [2.24, 2.45) is 0 Å². The standard InChI is InChI=1S/C14H17BN2O3/c1-13(2)14(3,4)20-15(19-13)9-5-6-10-11(7-9)16-17-12(10)8-18/h5-8H,1-4H3,(H,16,17). The number of benzene rings is 1. The van der Waals surface area contributed by atoms with Gasteiger partial charge in [-0.15, -0.1) is 0 Å². The molecule has 0 saturated carbocycles. The van der Waals surface area contributed by atoms with Gasteiger partial charge in [0, 0.05) is 5.39 Å². The zero-order chi connectivity index (χ0) is 14.5. The predicted octanol–water partition coefficient (Wildman–Crippen LogP) is 1.67. The first kappa shape index (κ1) is 13.3. The molecule has 5 nitrogen and oxygen atoms in total. The highest BCUT2D eigenvalue weighted by molar-refractivity contribution is 6.62. The number of hydrogen-bond acceptors (Lipinski definition) is 4. The van der Waals surface area contributed by atoms with Crippen molar-refractivity contribution in [1.82, 2.24) is 10.2 Å². The van der Waals surface area contributed by atoms with Gasteiger partial charge in [-0.3, -0.25) is 9.89 Å². The SMILES string of the molecule is CC1(C)OB(c2ccc3c(C=O)[nH]nc3c2)OC1(C)C. The fourth-order valence-corrected chi connectivity index (χ4v) is 2.27. The molecule has 0 amide bonds. The van der Waals surface area contributed by atoms with E-state index in [1.807, 2.05) is 45.9 Å². The molecule has 1 N–H and O–H groups in total. The molecule has 6 heteroatoms. The van der Waals surface area contributed by atoms with Gasteiger partial charge in [-0.2, -0.15) is 5.10 Å². The van der Waals surface area contributed by atoms with Crippen LogP contribution in [0.5, 0.6) is 0 Å². The third kappa shape index (κ3) is 1.87. The lowest BCUT2D eigenvalue weighted by molar-refractivity contribution is 0.00578. The number of rotatable bonds is 2. The molecule has 2 heterocycles. The number of aldehydes is 1. The van der Waals surface area contributed by atoms with Crippen LogP contribution in [0.3, 0.4) is 0 Å². The summed E-state index contributed by atoms with van der Waals surface area (Å²) in [6.45, 7) is 8.07. The Bertz CT molecular complexity index is 662. The molecule has 2 aromatic rings. The molecule has 1 saturated heterocycles. The number of carbonyl (C=O) groups excluding carboxylic acids is 1. The summed E-state index contributed by atoms with van der Waals surface area (Å²) in [5.41, 5.74) is 1.39. The van der Waals surface area contributed by atoms with Crippen LogP contribution in [0.25, 0.3) is 10.9 Å². The number of nitrogens with zero attached hydrogens (tertiary/aromatic N) is 1. The minimum atomic E-state index is -0.416. The topological polar surface area (TPSA) is 64.2 Å². The zero-order valence-electron chi connectivity index (χ0n) is 12.1. The van der Waals surface area contributed by atoms with Crippen molar-refractivity contribution in [2.45, 2.75) is 38.9 Å². The fourth-order valence-electron chi connectivity index (χ4n) is 2.27. The van der Waals surface area contributed by atoms with Crippen molar-refractivity contribution < 1.29 is 14.1 Å². The Hall–Kier alpha value is -1.66. The van der Waals surface area contributed by atoms with Gasteiger partial charge in [0.05, 0.1) is 16.7 Å². The fraction of sp³-hybridized carbons (Fsp3) is 0.429. The number of H-pyrrole nitrogens is 1. The first-order valence-corrected chi connectivity index (χ1v) is 6.63. The molecule has 0 radical (unpaired) electrons. The summed E-state index contributed by atoms with van der Waals surface area (Å²) in [5.74, 6) is 0. The second-order valence-corrected chi connectivity index (χ2v) is 6.12. The van der Waals surface area contributed by atoms with E-state index in [0.717, 1.165) is 22.7 Å². The first-order chi connectivity index (χ1) is 9.34. The zero-order valence-corrected chi connectivity index (χ0v) is 12.1. The number of nitrogens with one attached hydrogen (secondary N) is 1. The average molecular weight is 272 g/mol. The van der Waals surface area contributed by atoms with Gasteiger partial charge in [0.2, 0.25) is 0 Å². The Morgan fingerprint density at radius 2 is 1.85 bits per heavy atom. The van der Waals surface area contributed by atoms with Gasteiger partial charge in [0.15, 0.2) is 6.29 Å². The molecular formula is C14H17BN2O3. The van der Waals surface area contributed by atoms with E-state index in [1.165, 1.54) is 0 Å². The highest BCUT2D eigenvalue weighted by Gasteiger charge is 2.51. The van der Waals surface area contributed by atoms with Gasteiger partial charge < -0.3 is 9.31 Å². The van der Waals surface area contributed by atoms with Gasteiger partial charge in [0.1, 0.15) is 5.69 Å². The number of aromatic amines is 1. The predicted molar refractivity (Wildman–Crippen MR) is 77.2 cm³/mol. The molecule has 1 aliphatic heterocycles. The average Bonchev–Trinajstić information content (AvgIpc) is 2.87. The molecule has 0 unspecified atom stereocenters. The molecule has 0 bridgehead atoms. The van der Waals surface area contributed by atoms with Crippen LogP contribution in [-0.2, 0) is 9.31 Å². The van der Waals surface area contributed by atoms with Crippen LogP contribution in [0, 0.1) is 0 Å². The first-order valence-electron chi connectivity index (χ1n) is 6.63. The molecule has 20 heavy (non-hydrogen) atoms. The molecule has 0 atom stereocenters. The summed E-state index contributed by atoms with van der Waals surface area (Å²) in [4.78, 5) is 10.9. The highest BCUT2D eigenvalue weighted by atomic mass is 16.7. The van der Waals surface area contributed by atoms with E-state index in [9.17, 15) is 4.79 Å². The minimum absolute atomic E-state index is 0.369. The number of hydrogen-bond donors (Lipinski definition) is 1. The molecule has 0 aliphatic carbocycles. The lowest BCUT2D eigenvalue weighted by Crippen LogP contribution is -2.41. The second-order valence-electron chi connectivity index (χ2n) is 6.12. The molecule has 3 rings (SSSR count). The van der Waals surface area contributed by atoms with Crippen molar-refractivity contribution in [3.63, 3.8) is 0 Å². The Morgan fingerprint density at radius 1 is 1.20 bits per heavy atom. The van der Waals surface area contributed by atoms with Crippen LogP contribution in [0.15, 0.2) is 18.2 Å². The van der Waals surface area contributed by atoms with Crippen LogP contribution < -0.4 is 5.46 Å². The molecule has 1 fully saturated rings. The van der Waals surface area contributed by atoms with E-state index in [4.69, 9.17) is 9.31 Å². The van der Waals surface area contributed by atoms with Crippen molar-refractivity contribution in [3.05, 3.63) is 23.9 Å². The summed E-state index contributed by atoms with van der Waals surface area (Å²) >= 11 is 0. The van der Waals surface area contributed by atoms with Gasteiger partial charge in [0.25, 0.3) is 0 Å². The van der Waals surface area contributed by atoms with Gasteiger partial charge >= 0.3 is 7.12 Å². The third-order valence-corrected chi connectivity index (χ3v) is 4.25. The van der Waals surface area contributed by atoms with E-state index in [0.29, 0.717) is 5.69 Å². The molecule has 104 valence electrons. The Labute approximate surface area is 117 Å². The number of carbonyl (C=O) groups is 1. The smallest absolute Gasteiger partial charge is 0.399 e. The van der Waals surface area contributed by atoms with Crippen molar-refractivity contribution in [1.29, 1.82) is 0 Å². The van der Waals surface area contributed by atoms with Crippen LogP contribution in [-0.4, -0.2) is 34.8 Å². The Morgan fingerprint density at radius 3 is 2.45 bits per heavy atom. The molecule has 1 aliphatic rings. The number of fused-ring (bicyclic) bond motifs is 1. The minimum Gasteiger partial charge on any atom is -0.399 e. The van der Waals surface area contributed by atoms with Crippen molar-refractivity contribution >= 4 is 29.8 Å². The monoisotopic (exact) mass is 272 g/mol. The quantitative estimate of drug-likeness (QED) is 0.667. The van der Waals surface area contributed by atoms with E-state index < -0.39 is 7.12 Å². The molecule has 0 spiro atoms. The highest BCUT2D eigenvalue weighted by Crippen LogP contribution is 2.36. The summed E-state index contributed by atoms with van der Waals surface area (Å²) in [6.07, 6.45) is 0.768. The van der Waals surface area contributed by atoms with Crippen molar-refractivity contribution in [3.8, 4) is 0 Å². The summed E-state index contributed by atoms with van der Waals surface area (Å²) in [5, 5.41) is 7.65. The second kappa shape index (κ2) is 4.17. The normalized spacial score (nSPS) is 20.5. The Kier molecular flexibility index (Phi) is 2.78. The van der Waals surface area contributed by atoms with Crippen LogP contribution in [0.4, 0.5) is 0 Å². The maximum Gasteiger partial charge on any atom is 0.494 e. The molecule has 1 aromatic carbocycles. The van der Waals surface area contributed by atoms with E-state index in [1.54, 1.807) is 0 Å².